The molecule has 144 valence electrons. The Morgan fingerprint density at radius 2 is 1.70 bits per heavy atom. The number of esters is 2. The Hall–Kier alpha value is -3.09. The summed E-state index contributed by atoms with van der Waals surface area (Å²) in [5.41, 5.74) is 1.05. The van der Waals surface area contributed by atoms with Crippen LogP contribution in [0.1, 0.15) is 25.2 Å². The van der Waals surface area contributed by atoms with Crippen LogP contribution in [-0.2, 0) is 39.0 Å². The molecule has 0 aliphatic carbocycles. The highest BCUT2D eigenvalue weighted by molar-refractivity contribution is 6.14. The van der Waals surface area contributed by atoms with Gasteiger partial charge in [-0.3, -0.25) is 0 Å². The number of carbonyl (C=O) groups excluding carboxylic acids is 2. The van der Waals surface area contributed by atoms with Crippen LogP contribution in [0.2, 0.25) is 0 Å². The zero-order chi connectivity index (χ0) is 19.6. The first kappa shape index (κ1) is 20.2. The molecule has 0 bridgehead atoms. The van der Waals surface area contributed by atoms with Gasteiger partial charge in [0.05, 0.1) is 19.4 Å². The van der Waals surface area contributed by atoms with E-state index in [1.54, 1.807) is 20.0 Å². The first-order valence-corrected chi connectivity index (χ1v) is 8.92. The smallest absolute Gasteiger partial charge is 0.347 e. The van der Waals surface area contributed by atoms with Crippen molar-refractivity contribution < 1.29 is 19.1 Å². The van der Waals surface area contributed by atoms with Crippen LogP contribution < -0.4 is 5.32 Å². The van der Waals surface area contributed by atoms with E-state index in [0.29, 0.717) is 5.82 Å². The van der Waals surface area contributed by atoms with Gasteiger partial charge in [-0.1, -0.05) is 30.3 Å². The molecule has 0 aliphatic rings. The van der Waals surface area contributed by atoms with Gasteiger partial charge in [0.1, 0.15) is 11.6 Å². The quantitative estimate of drug-likeness (QED) is 0.316. The molecular formula is C20H25N3O4. The molecule has 7 heteroatoms. The summed E-state index contributed by atoms with van der Waals surface area (Å²) in [6, 6.07) is 10.2. The van der Waals surface area contributed by atoms with E-state index >= 15 is 0 Å². The van der Waals surface area contributed by atoms with E-state index in [1.165, 1.54) is 11.8 Å². The minimum Gasteiger partial charge on any atom is -0.462 e. The molecule has 0 saturated heterocycles. The number of imidazole rings is 1. The average molecular weight is 371 g/mol. The van der Waals surface area contributed by atoms with E-state index in [1.807, 2.05) is 29.8 Å². The van der Waals surface area contributed by atoms with Gasteiger partial charge in [0.2, 0.25) is 0 Å². The number of hydrogen-bond acceptors (Lipinski definition) is 6. The first-order valence-electron chi connectivity index (χ1n) is 8.92. The number of rotatable bonds is 9. The van der Waals surface area contributed by atoms with Gasteiger partial charge >= 0.3 is 11.9 Å². The molecule has 1 heterocycles. The average Bonchev–Trinajstić information content (AvgIpc) is 3.01. The van der Waals surface area contributed by atoms with Crippen molar-refractivity contribution in [2.45, 2.75) is 26.7 Å². The second kappa shape index (κ2) is 10.2. The highest BCUT2D eigenvalue weighted by atomic mass is 16.6. The lowest BCUT2D eigenvalue weighted by Crippen LogP contribution is -2.19. The van der Waals surface area contributed by atoms with E-state index < -0.39 is 11.9 Å². The fourth-order valence-electron chi connectivity index (χ4n) is 2.48. The summed E-state index contributed by atoms with van der Waals surface area (Å²) >= 11 is 0. The highest BCUT2D eigenvalue weighted by Crippen LogP contribution is 2.13. The van der Waals surface area contributed by atoms with Crippen molar-refractivity contribution in [3.8, 4) is 0 Å². The molecule has 1 aromatic carbocycles. The summed E-state index contributed by atoms with van der Waals surface area (Å²) < 4.78 is 11.7. The summed E-state index contributed by atoms with van der Waals surface area (Å²) in [5, 5.41) is 2.95. The van der Waals surface area contributed by atoms with Crippen LogP contribution in [0.15, 0.2) is 48.3 Å². The highest BCUT2D eigenvalue weighted by Gasteiger charge is 2.21. The summed E-state index contributed by atoms with van der Waals surface area (Å²) in [5.74, 6) is 0.0950. The van der Waals surface area contributed by atoms with Crippen LogP contribution in [0.5, 0.6) is 0 Å². The Kier molecular flexibility index (Phi) is 7.61. The summed E-state index contributed by atoms with van der Waals surface area (Å²) in [7, 11) is 1.87. The second-order valence-corrected chi connectivity index (χ2v) is 5.75. The van der Waals surface area contributed by atoms with Crippen LogP contribution in [0.25, 0.3) is 0 Å². The maximum absolute atomic E-state index is 12.0. The number of anilines is 1. The maximum atomic E-state index is 12.0. The molecule has 0 radical (unpaired) electrons. The normalized spacial score (nSPS) is 10.2. The monoisotopic (exact) mass is 371 g/mol. The molecule has 7 nitrogen and oxygen atoms in total. The maximum Gasteiger partial charge on any atom is 0.347 e. The Labute approximate surface area is 159 Å². The Balaban J connectivity index is 2.08. The molecule has 0 fully saturated rings. The predicted octanol–water partition coefficient (Wildman–Crippen LogP) is 2.63. The van der Waals surface area contributed by atoms with E-state index in [-0.39, 0.29) is 18.8 Å². The Morgan fingerprint density at radius 3 is 2.30 bits per heavy atom. The second-order valence-electron chi connectivity index (χ2n) is 5.75. The molecule has 0 atom stereocenters. The van der Waals surface area contributed by atoms with Crippen LogP contribution >= 0.6 is 0 Å². The zero-order valence-corrected chi connectivity index (χ0v) is 15.9. The molecular weight excluding hydrogens is 346 g/mol. The molecule has 2 rings (SSSR count). The molecule has 1 N–H and O–H groups in total. The van der Waals surface area contributed by atoms with E-state index in [4.69, 9.17) is 9.47 Å². The van der Waals surface area contributed by atoms with Gasteiger partial charge in [-0.25, -0.2) is 14.6 Å². The molecule has 0 amide bonds. The van der Waals surface area contributed by atoms with Crippen molar-refractivity contribution >= 4 is 17.8 Å². The number of aryl methyl sites for hydroxylation is 2. The number of ether oxygens (including phenoxy) is 2. The molecule has 0 unspecified atom stereocenters. The fraction of sp³-hybridized carbons (Fsp3) is 0.350. The van der Waals surface area contributed by atoms with Crippen LogP contribution in [0, 0.1) is 0 Å². The molecule has 27 heavy (non-hydrogen) atoms. The van der Waals surface area contributed by atoms with Gasteiger partial charge in [-0.15, -0.1) is 0 Å². The summed E-state index contributed by atoms with van der Waals surface area (Å²) in [4.78, 5) is 28.4. The van der Waals surface area contributed by atoms with E-state index in [0.717, 1.165) is 18.7 Å². The third-order valence-corrected chi connectivity index (χ3v) is 3.92. The van der Waals surface area contributed by atoms with Gasteiger partial charge in [-0.05, 0) is 25.8 Å². The van der Waals surface area contributed by atoms with E-state index in [9.17, 15) is 9.59 Å². The predicted molar refractivity (Wildman–Crippen MR) is 102 cm³/mol. The van der Waals surface area contributed by atoms with Crippen LogP contribution in [0.4, 0.5) is 5.82 Å². The molecule has 0 saturated carbocycles. The number of hydrogen-bond donors (Lipinski definition) is 1. The minimum atomic E-state index is -0.727. The first-order chi connectivity index (χ1) is 13.1. The van der Waals surface area contributed by atoms with Crippen molar-refractivity contribution in [1.29, 1.82) is 0 Å². The van der Waals surface area contributed by atoms with Crippen molar-refractivity contribution in [2.24, 2.45) is 7.05 Å². The van der Waals surface area contributed by atoms with Crippen LogP contribution in [-0.4, -0.2) is 34.7 Å². The summed E-state index contributed by atoms with van der Waals surface area (Å²) in [6.45, 7) is 3.69. The topological polar surface area (TPSA) is 82.5 Å². The third-order valence-electron chi connectivity index (χ3n) is 3.92. The van der Waals surface area contributed by atoms with Crippen molar-refractivity contribution in [3.63, 3.8) is 0 Å². The lowest BCUT2D eigenvalue weighted by molar-refractivity contribution is -0.146. The van der Waals surface area contributed by atoms with Gasteiger partial charge in [-0.2, -0.15) is 0 Å². The number of carbonyl (C=O) groups is 2. The van der Waals surface area contributed by atoms with Gasteiger partial charge in [0.15, 0.2) is 5.57 Å². The number of benzene rings is 1. The van der Waals surface area contributed by atoms with Crippen LogP contribution in [0.3, 0.4) is 0 Å². The van der Waals surface area contributed by atoms with Gasteiger partial charge in [0, 0.05) is 19.7 Å². The lowest BCUT2D eigenvalue weighted by Gasteiger charge is -2.09. The molecule has 1 aromatic heterocycles. The zero-order valence-electron chi connectivity index (χ0n) is 15.9. The standard InChI is InChI=1S/C20H25N3O4/c1-4-26-19(24)16(20(25)27-5-2)13-21-18-14-22-17(23(18)3)12-11-15-9-7-6-8-10-15/h6-10,13-14,21H,4-5,11-12H2,1-3H3. The minimum absolute atomic E-state index is 0.172. The lowest BCUT2D eigenvalue weighted by atomic mass is 10.1. The number of nitrogens with one attached hydrogen (secondary N) is 1. The fourth-order valence-corrected chi connectivity index (χ4v) is 2.48. The van der Waals surface area contributed by atoms with E-state index in [2.05, 4.69) is 22.4 Å². The Bertz CT molecular complexity index is 777. The Morgan fingerprint density at radius 1 is 1.07 bits per heavy atom. The van der Waals surface area contributed by atoms with Crippen molar-refractivity contribution in [3.05, 3.63) is 59.7 Å². The van der Waals surface area contributed by atoms with Crippen molar-refractivity contribution in [1.82, 2.24) is 9.55 Å². The molecule has 0 spiro atoms. The number of nitrogens with zero attached hydrogens (tertiary/aromatic N) is 2. The largest absolute Gasteiger partial charge is 0.462 e. The number of aromatic nitrogens is 2. The third kappa shape index (κ3) is 5.70. The van der Waals surface area contributed by atoms with Gasteiger partial charge < -0.3 is 19.4 Å². The summed E-state index contributed by atoms with van der Waals surface area (Å²) in [6.07, 6.45) is 4.60. The SMILES string of the molecule is CCOC(=O)C(=CNc1cnc(CCc2ccccc2)n1C)C(=O)OCC. The van der Waals surface area contributed by atoms with Gasteiger partial charge in [0.25, 0.3) is 0 Å². The molecule has 2 aromatic rings. The van der Waals surface area contributed by atoms with Crippen molar-refractivity contribution in [2.75, 3.05) is 18.5 Å². The molecule has 0 aliphatic heterocycles.